The van der Waals surface area contributed by atoms with Gasteiger partial charge in [-0.1, -0.05) is 194 Å². The highest BCUT2D eigenvalue weighted by atomic mass is 15.1. The summed E-state index contributed by atoms with van der Waals surface area (Å²) in [6.07, 6.45) is 0. The van der Waals surface area contributed by atoms with Gasteiger partial charge in [-0.15, -0.1) is 0 Å². The van der Waals surface area contributed by atoms with Crippen molar-refractivity contribution in [1.82, 2.24) is 19.1 Å². The van der Waals surface area contributed by atoms with Gasteiger partial charge in [0.05, 0.1) is 27.6 Å². The molecule has 3 aromatic heterocycles. The van der Waals surface area contributed by atoms with E-state index in [1.54, 1.807) is 0 Å². The Morgan fingerprint density at radius 3 is 1.49 bits per heavy atom. The molecule has 0 saturated carbocycles. The minimum absolute atomic E-state index is 0.665. The fourth-order valence-corrected chi connectivity index (χ4v) is 10.2. The third-order valence-electron chi connectivity index (χ3n) is 13.3. The first-order valence-corrected chi connectivity index (χ1v) is 23.2. The predicted octanol–water partition coefficient (Wildman–Crippen LogP) is 16.7. The molecule has 0 fully saturated rings. The van der Waals surface area contributed by atoms with Crippen LogP contribution in [0.4, 0.5) is 0 Å². The molecule has 3 heterocycles. The molecule has 0 bridgehead atoms. The van der Waals surface area contributed by atoms with Crippen molar-refractivity contribution in [2.75, 3.05) is 0 Å². The van der Waals surface area contributed by atoms with E-state index < -0.39 is 0 Å². The molecule has 0 amide bonds. The maximum absolute atomic E-state index is 5.57. The van der Waals surface area contributed by atoms with Crippen LogP contribution in [0.15, 0.2) is 255 Å². The molecule has 0 unspecified atom stereocenters. The summed E-state index contributed by atoms with van der Waals surface area (Å²) < 4.78 is 4.71. The molecule has 4 nitrogen and oxygen atoms in total. The normalized spacial score (nSPS) is 11.5. The molecule has 0 atom stereocenters. The molecule has 10 aromatic carbocycles. The van der Waals surface area contributed by atoms with Crippen molar-refractivity contribution in [2.45, 2.75) is 0 Å². The second-order valence-electron chi connectivity index (χ2n) is 17.4. The summed E-state index contributed by atoms with van der Waals surface area (Å²) in [5.74, 6) is 0.665. The Kier molecular flexibility index (Phi) is 9.47. The van der Waals surface area contributed by atoms with Crippen LogP contribution in [0, 0.1) is 0 Å². The van der Waals surface area contributed by atoms with Crippen molar-refractivity contribution in [3.8, 4) is 78.5 Å². The summed E-state index contributed by atoms with van der Waals surface area (Å²) in [5, 5.41) is 4.52. The molecular weight excluding hydrogens is 825 g/mol. The molecular formula is C64H42N4. The maximum Gasteiger partial charge on any atom is 0.162 e. The van der Waals surface area contributed by atoms with Crippen LogP contribution in [-0.4, -0.2) is 19.1 Å². The largest absolute Gasteiger partial charge is 0.309 e. The van der Waals surface area contributed by atoms with Gasteiger partial charge in [0.25, 0.3) is 0 Å². The van der Waals surface area contributed by atoms with Gasteiger partial charge < -0.3 is 4.57 Å². The standard InChI is InChI=1S/C64H42N4/c1-5-19-43(20-6-1)46-25-15-28-50(39-46)62-61-55-33-13-14-35-57(55)68(52-30-11-4-12-31-52)64(61)66-63(65-62)51-29-16-27-49(40-51)54-34-18-36-59-60(54)56-42-48(45-23-9-3-10-24-45)37-38-58(56)67(59)53-32-17-26-47(41-53)44-21-7-2-8-22-44/h1-42H. The average Bonchev–Trinajstić information content (AvgIpc) is 3.94. The highest BCUT2D eigenvalue weighted by Crippen LogP contribution is 2.43. The van der Waals surface area contributed by atoms with Gasteiger partial charge in [0.1, 0.15) is 5.65 Å². The van der Waals surface area contributed by atoms with E-state index >= 15 is 0 Å². The van der Waals surface area contributed by atoms with E-state index in [9.17, 15) is 0 Å². The van der Waals surface area contributed by atoms with Gasteiger partial charge in [0.2, 0.25) is 0 Å². The second kappa shape index (κ2) is 16.4. The molecule has 0 aliphatic heterocycles. The third kappa shape index (κ3) is 6.69. The van der Waals surface area contributed by atoms with Gasteiger partial charge >= 0.3 is 0 Å². The topological polar surface area (TPSA) is 35.6 Å². The average molecular weight is 867 g/mol. The van der Waals surface area contributed by atoms with Crippen LogP contribution < -0.4 is 0 Å². The van der Waals surface area contributed by atoms with E-state index in [2.05, 4.69) is 264 Å². The molecule has 13 aromatic rings. The molecule has 13 rings (SSSR count). The van der Waals surface area contributed by atoms with Gasteiger partial charge in [-0.2, -0.15) is 0 Å². The summed E-state index contributed by atoms with van der Waals surface area (Å²) in [5.41, 5.74) is 18.6. The minimum Gasteiger partial charge on any atom is -0.309 e. The Balaban J connectivity index is 1.04. The predicted molar refractivity (Wildman–Crippen MR) is 283 cm³/mol. The lowest BCUT2D eigenvalue weighted by Gasteiger charge is -2.13. The highest BCUT2D eigenvalue weighted by Gasteiger charge is 2.23. The number of hydrogen-bond donors (Lipinski definition) is 0. The van der Waals surface area contributed by atoms with Crippen LogP contribution in [0.5, 0.6) is 0 Å². The first-order valence-electron chi connectivity index (χ1n) is 23.2. The zero-order chi connectivity index (χ0) is 45.0. The number of nitrogens with zero attached hydrogens (tertiary/aromatic N) is 4. The van der Waals surface area contributed by atoms with Crippen molar-refractivity contribution in [1.29, 1.82) is 0 Å². The fraction of sp³-hybridized carbons (Fsp3) is 0. The summed E-state index contributed by atoms with van der Waals surface area (Å²) >= 11 is 0. The van der Waals surface area contributed by atoms with Gasteiger partial charge in [-0.05, 0) is 105 Å². The molecule has 0 aliphatic carbocycles. The Morgan fingerprint density at radius 1 is 0.265 bits per heavy atom. The van der Waals surface area contributed by atoms with E-state index in [1.807, 2.05) is 0 Å². The minimum atomic E-state index is 0.665. The monoisotopic (exact) mass is 866 g/mol. The van der Waals surface area contributed by atoms with Crippen LogP contribution >= 0.6 is 0 Å². The molecule has 0 spiro atoms. The van der Waals surface area contributed by atoms with E-state index in [1.165, 1.54) is 33.0 Å². The van der Waals surface area contributed by atoms with Crippen molar-refractivity contribution in [3.63, 3.8) is 0 Å². The van der Waals surface area contributed by atoms with Crippen molar-refractivity contribution >= 4 is 43.7 Å². The van der Waals surface area contributed by atoms with E-state index in [0.717, 1.165) is 83.4 Å². The maximum atomic E-state index is 5.57. The van der Waals surface area contributed by atoms with Crippen LogP contribution in [0.1, 0.15) is 0 Å². The zero-order valence-electron chi connectivity index (χ0n) is 37.0. The van der Waals surface area contributed by atoms with Crippen molar-refractivity contribution in [3.05, 3.63) is 255 Å². The van der Waals surface area contributed by atoms with Gasteiger partial charge in [-0.25, -0.2) is 9.97 Å². The van der Waals surface area contributed by atoms with Crippen LogP contribution in [-0.2, 0) is 0 Å². The fourth-order valence-electron chi connectivity index (χ4n) is 10.2. The van der Waals surface area contributed by atoms with Gasteiger partial charge in [-0.3, -0.25) is 4.57 Å². The quantitative estimate of drug-likeness (QED) is 0.153. The first-order chi connectivity index (χ1) is 33.7. The lowest BCUT2D eigenvalue weighted by molar-refractivity contribution is 1.11. The number of aromatic nitrogens is 4. The Hall–Kier alpha value is -9.12. The molecule has 0 N–H and O–H groups in total. The Morgan fingerprint density at radius 2 is 0.765 bits per heavy atom. The van der Waals surface area contributed by atoms with E-state index in [0.29, 0.717) is 5.82 Å². The molecule has 0 radical (unpaired) electrons. The number of fused-ring (bicyclic) bond motifs is 6. The number of para-hydroxylation sites is 2. The van der Waals surface area contributed by atoms with Gasteiger partial charge in [0, 0.05) is 38.7 Å². The van der Waals surface area contributed by atoms with Crippen LogP contribution in [0.3, 0.4) is 0 Å². The summed E-state index contributed by atoms with van der Waals surface area (Å²) in [6, 6.07) is 91.1. The van der Waals surface area contributed by atoms with E-state index in [4.69, 9.17) is 9.97 Å². The van der Waals surface area contributed by atoms with Crippen LogP contribution in [0.25, 0.3) is 122 Å². The Labute approximate surface area is 394 Å². The number of benzene rings is 10. The number of rotatable bonds is 8. The molecule has 0 saturated heterocycles. The summed E-state index contributed by atoms with van der Waals surface area (Å²) in [6.45, 7) is 0. The molecule has 4 heteroatoms. The SMILES string of the molecule is c1ccc(-c2cccc(-c3nc(-c4cccc(-c5cccc6c5c5cc(-c7ccccc7)ccc5n6-c5cccc(-c6ccccc6)c5)c4)nc4c3c3ccccc3n4-c3ccccc3)c2)cc1. The lowest BCUT2D eigenvalue weighted by atomic mass is 9.96. The molecule has 0 aliphatic rings. The summed E-state index contributed by atoms with van der Waals surface area (Å²) in [7, 11) is 0. The smallest absolute Gasteiger partial charge is 0.162 e. The van der Waals surface area contributed by atoms with E-state index in [-0.39, 0.29) is 0 Å². The van der Waals surface area contributed by atoms with Gasteiger partial charge in [0.15, 0.2) is 5.82 Å². The highest BCUT2D eigenvalue weighted by molar-refractivity contribution is 6.17. The third-order valence-corrected chi connectivity index (χ3v) is 13.3. The summed E-state index contributed by atoms with van der Waals surface area (Å²) in [4.78, 5) is 11.1. The zero-order valence-corrected chi connectivity index (χ0v) is 37.0. The lowest BCUT2D eigenvalue weighted by Crippen LogP contribution is -1.99. The Bertz CT molecular complexity index is 4000. The van der Waals surface area contributed by atoms with Crippen LogP contribution in [0.2, 0.25) is 0 Å². The molecule has 68 heavy (non-hydrogen) atoms. The van der Waals surface area contributed by atoms with Crippen molar-refractivity contribution < 1.29 is 0 Å². The second-order valence-corrected chi connectivity index (χ2v) is 17.4. The molecule has 318 valence electrons. The first kappa shape index (κ1) is 39.3. The number of hydrogen-bond acceptors (Lipinski definition) is 2. The van der Waals surface area contributed by atoms with Crippen molar-refractivity contribution in [2.24, 2.45) is 0 Å².